The zero-order chi connectivity index (χ0) is 14.6. The van der Waals surface area contributed by atoms with Crippen molar-refractivity contribution in [3.05, 3.63) is 23.8 Å². The van der Waals surface area contributed by atoms with E-state index in [0.29, 0.717) is 25.4 Å². The summed E-state index contributed by atoms with van der Waals surface area (Å²) in [5.41, 5.74) is 0.125. The second-order valence-corrected chi connectivity index (χ2v) is 5.31. The first-order valence-electron chi connectivity index (χ1n) is 7.45. The van der Waals surface area contributed by atoms with Gasteiger partial charge in [0.25, 0.3) is 0 Å². The van der Waals surface area contributed by atoms with Crippen LogP contribution in [0.25, 0.3) is 0 Å². The first-order chi connectivity index (χ1) is 9.61. The van der Waals surface area contributed by atoms with E-state index in [0.717, 1.165) is 24.4 Å². The summed E-state index contributed by atoms with van der Waals surface area (Å²) < 4.78 is 11.2. The maximum atomic E-state index is 11.0. The average molecular weight is 279 g/mol. The lowest BCUT2D eigenvalue weighted by atomic mass is 9.77. The molecule has 0 aliphatic carbocycles. The molecule has 0 amide bonds. The van der Waals surface area contributed by atoms with Gasteiger partial charge in [-0.2, -0.15) is 0 Å². The Bertz CT molecular complexity index is 449. The Kier molecular flexibility index (Phi) is 4.89. The molecule has 4 nitrogen and oxygen atoms in total. The smallest absolute Gasteiger partial charge is 0.161 e. The molecule has 0 aromatic heterocycles. The molecule has 20 heavy (non-hydrogen) atoms. The first-order valence-corrected chi connectivity index (χ1v) is 7.45. The number of ether oxygens (including phenoxy) is 2. The molecule has 4 heteroatoms. The third kappa shape index (κ3) is 2.91. The summed E-state index contributed by atoms with van der Waals surface area (Å²) >= 11 is 0. The molecule has 2 N–H and O–H groups in total. The number of rotatable bonds is 5. The Morgan fingerprint density at radius 3 is 2.60 bits per heavy atom. The normalized spacial score (nSPS) is 26.3. The summed E-state index contributed by atoms with van der Waals surface area (Å²) in [7, 11) is 0. The lowest BCUT2D eigenvalue weighted by molar-refractivity contribution is -0.0394. The van der Waals surface area contributed by atoms with Gasteiger partial charge in [0.1, 0.15) is 0 Å². The minimum Gasteiger partial charge on any atom is -0.490 e. The highest BCUT2D eigenvalue weighted by Crippen LogP contribution is 2.39. The molecule has 0 bridgehead atoms. The quantitative estimate of drug-likeness (QED) is 0.868. The molecule has 1 aliphatic heterocycles. The van der Waals surface area contributed by atoms with E-state index in [-0.39, 0.29) is 5.92 Å². The van der Waals surface area contributed by atoms with E-state index in [9.17, 15) is 5.11 Å². The van der Waals surface area contributed by atoms with Gasteiger partial charge in [0, 0.05) is 12.5 Å². The van der Waals surface area contributed by atoms with Gasteiger partial charge in [-0.05, 0) is 44.5 Å². The first kappa shape index (κ1) is 15.1. The van der Waals surface area contributed by atoms with Crippen LogP contribution in [0.15, 0.2) is 18.2 Å². The highest BCUT2D eigenvalue weighted by atomic mass is 16.5. The number of piperidine rings is 1. The van der Waals surface area contributed by atoms with E-state index in [1.165, 1.54) is 0 Å². The van der Waals surface area contributed by atoms with Crippen molar-refractivity contribution in [2.45, 2.75) is 32.8 Å². The molecule has 1 aromatic carbocycles. The van der Waals surface area contributed by atoms with Gasteiger partial charge in [0.2, 0.25) is 0 Å². The predicted octanol–water partition coefficient (Wildman–Crippen LogP) is 2.30. The third-order valence-electron chi connectivity index (χ3n) is 3.99. The monoisotopic (exact) mass is 279 g/mol. The van der Waals surface area contributed by atoms with Crippen molar-refractivity contribution in [1.29, 1.82) is 0 Å². The largest absolute Gasteiger partial charge is 0.490 e. The second-order valence-electron chi connectivity index (χ2n) is 5.31. The average Bonchev–Trinajstić information content (AvgIpc) is 2.44. The van der Waals surface area contributed by atoms with Gasteiger partial charge in [0.05, 0.1) is 18.8 Å². The van der Waals surface area contributed by atoms with Gasteiger partial charge in [-0.3, -0.25) is 0 Å². The van der Waals surface area contributed by atoms with Crippen LogP contribution < -0.4 is 14.8 Å². The lowest BCUT2D eigenvalue weighted by Gasteiger charge is -2.39. The Labute approximate surface area is 121 Å². The van der Waals surface area contributed by atoms with Crippen LogP contribution in [0.5, 0.6) is 11.5 Å². The molecule has 1 aromatic rings. The molecule has 0 spiro atoms. The maximum Gasteiger partial charge on any atom is 0.161 e. The SMILES string of the molecule is CCOc1ccc(C2(O)CCNCC2C)cc1OCC. The number of benzene rings is 1. The topological polar surface area (TPSA) is 50.7 Å². The highest BCUT2D eigenvalue weighted by Gasteiger charge is 2.38. The van der Waals surface area contributed by atoms with Crippen molar-refractivity contribution in [2.75, 3.05) is 26.3 Å². The third-order valence-corrected chi connectivity index (χ3v) is 3.99. The van der Waals surface area contributed by atoms with Gasteiger partial charge in [-0.25, -0.2) is 0 Å². The summed E-state index contributed by atoms with van der Waals surface area (Å²) in [6.07, 6.45) is 0.716. The number of aliphatic hydroxyl groups is 1. The Morgan fingerprint density at radius 1 is 1.25 bits per heavy atom. The molecular weight excluding hydrogens is 254 g/mol. The summed E-state index contributed by atoms with van der Waals surface area (Å²) in [5, 5.41) is 14.3. The van der Waals surface area contributed by atoms with Crippen molar-refractivity contribution < 1.29 is 14.6 Å². The summed E-state index contributed by atoms with van der Waals surface area (Å²) in [5.74, 6) is 1.62. The van der Waals surface area contributed by atoms with Gasteiger partial charge >= 0.3 is 0 Å². The van der Waals surface area contributed by atoms with E-state index >= 15 is 0 Å². The van der Waals surface area contributed by atoms with Crippen molar-refractivity contribution in [2.24, 2.45) is 5.92 Å². The lowest BCUT2D eigenvalue weighted by Crippen LogP contribution is -2.46. The summed E-state index contributed by atoms with van der Waals surface area (Å²) in [4.78, 5) is 0. The fraction of sp³-hybridized carbons (Fsp3) is 0.625. The maximum absolute atomic E-state index is 11.0. The number of nitrogens with one attached hydrogen (secondary N) is 1. The van der Waals surface area contributed by atoms with Gasteiger partial charge in [-0.1, -0.05) is 13.0 Å². The van der Waals surface area contributed by atoms with Crippen molar-refractivity contribution in [3.63, 3.8) is 0 Å². The number of hydrogen-bond acceptors (Lipinski definition) is 4. The van der Waals surface area contributed by atoms with E-state index < -0.39 is 5.60 Å². The molecule has 1 fully saturated rings. The van der Waals surface area contributed by atoms with Crippen LogP contribution in [0, 0.1) is 5.92 Å². The molecule has 1 heterocycles. The van der Waals surface area contributed by atoms with Gasteiger partial charge < -0.3 is 19.9 Å². The molecule has 2 unspecified atom stereocenters. The predicted molar refractivity (Wildman–Crippen MR) is 79.3 cm³/mol. The van der Waals surface area contributed by atoms with E-state index in [1.807, 2.05) is 32.0 Å². The van der Waals surface area contributed by atoms with Crippen molar-refractivity contribution in [1.82, 2.24) is 5.32 Å². The molecule has 1 saturated heterocycles. The zero-order valence-electron chi connectivity index (χ0n) is 12.6. The molecule has 1 aliphatic rings. The van der Waals surface area contributed by atoms with E-state index in [2.05, 4.69) is 12.2 Å². The Balaban J connectivity index is 2.34. The Hall–Kier alpha value is -1.26. The summed E-state index contributed by atoms with van der Waals surface area (Å²) in [6.45, 7) is 8.81. The minimum atomic E-state index is -0.790. The van der Waals surface area contributed by atoms with E-state index in [1.54, 1.807) is 0 Å². The van der Waals surface area contributed by atoms with Crippen LogP contribution in [-0.2, 0) is 5.60 Å². The van der Waals surface area contributed by atoms with Crippen LogP contribution in [0.1, 0.15) is 32.8 Å². The second kappa shape index (κ2) is 6.46. The molecular formula is C16H25NO3. The van der Waals surface area contributed by atoms with Crippen LogP contribution in [0.4, 0.5) is 0 Å². The Morgan fingerprint density at radius 2 is 1.95 bits per heavy atom. The molecule has 0 radical (unpaired) electrons. The standard InChI is InChI=1S/C16H25NO3/c1-4-19-14-7-6-13(10-15(14)20-5-2)16(18)8-9-17-11-12(16)3/h6-7,10,12,17-18H,4-5,8-9,11H2,1-3H3. The fourth-order valence-corrected chi connectivity index (χ4v) is 2.76. The summed E-state index contributed by atoms with van der Waals surface area (Å²) in [6, 6.07) is 5.78. The van der Waals surface area contributed by atoms with Crippen LogP contribution in [-0.4, -0.2) is 31.4 Å². The van der Waals surface area contributed by atoms with E-state index in [4.69, 9.17) is 9.47 Å². The van der Waals surface area contributed by atoms with Crippen molar-refractivity contribution in [3.8, 4) is 11.5 Å². The molecule has 2 atom stereocenters. The molecule has 2 rings (SSSR count). The van der Waals surface area contributed by atoms with Gasteiger partial charge in [-0.15, -0.1) is 0 Å². The van der Waals surface area contributed by atoms with Crippen molar-refractivity contribution >= 4 is 0 Å². The zero-order valence-corrected chi connectivity index (χ0v) is 12.6. The fourth-order valence-electron chi connectivity index (χ4n) is 2.76. The molecule has 112 valence electrons. The number of hydrogen-bond donors (Lipinski definition) is 2. The highest BCUT2D eigenvalue weighted by molar-refractivity contribution is 5.45. The van der Waals surface area contributed by atoms with Crippen LogP contribution >= 0.6 is 0 Å². The van der Waals surface area contributed by atoms with Gasteiger partial charge in [0.15, 0.2) is 11.5 Å². The van der Waals surface area contributed by atoms with Crippen LogP contribution in [0.3, 0.4) is 0 Å². The molecule has 0 saturated carbocycles. The van der Waals surface area contributed by atoms with Crippen LogP contribution in [0.2, 0.25) is 0 Å². The minimum absolute atomic E-state index is 0.170.